The molecule has 0 amide bonds. The van der Waals surface area contributed by atoms with Gasteiger partial charge in [-0.25, -0.2) is 13.4 Å². The van der Waals surface area contributed by atoms with E-state index < -0.39 is 10.0 Å². The third-order valence-corrected chi connectivity index (χ3v) is 5.37. The summed E-state index contributed by atoms with van der Waals surface area (Å²) in [4.78, 5) is 4.31. The molecule has 0 aliphatic carbocycles. The first-order chi connectivity index (χ1) is 9.59. The van der Waals surface area contributed by atoms with Crippen LogP contribution in [0.5, 0.6) is 0 Å². The molecule has 0 spiro atoms. The maximum atomic E-state index is 12.7. The first kappa shape index (κ1) is 15.2. The Balaban J connectivity index is 2.30. The van der Waals surface area contributed by atoms with E-state index in [0.717, 1.165) is 12.8 Å². The lowest BCUT2D eigenvalue weighted by Gasteiger charge is -2.31. The first-order valence-corrected chi connectivity index (χ1v) is 8.33. The van der Waals surface area contributed by atoms with Crippen molar-refractivity contribution in [3.63, 3.8) is 0 Å². The zero-order valence-electron chi connectivity index (χ0n) is 11.6. The maximum Gasteiger partial charge on any atom is 0.246 e. The van der Waals surface area contributed by atoms with E-state index in [1.165, 1.54) is 4.31 Å². The smallest absolute Gasteiger partial charge is 0.246 e. The average molecular weight is 299 g/mol. The monoisotopic (exact) mass is 299 g/mol. The molecule has 7 heteroatoms. The molecule has 20 heavy (non-hydrogen) atoms. The van der Waals surface area contributed by atoms with Crippen LogP contribution in [0.3, 0.4) is 0 Å². The quantitative estimate of drug-likeness (QED) is 0.844. The normalized spacial score (nSPS) is 20.8. The van der Waals surface area contributed by atoms with Gasteiger partial charge in [-0.2, -0.15) is 4.31 Å². The summed E-state index contributed by atoms with van der Waals surface area (Å²) in [5.74, 6) is 0.416. The lowest BCUT2D eigenvalue weighted by molar-refractivity contribution is 0.165. The maximum absolute atomic E-state index is 12.7. The summed E-state index contributed by atoms with van der Waals surface area (Å²) in [6, 6.07) is 3.20. The van der Waals surface area contributed by atoms with E-state index in [1.54, 1.807) is 18.3 Å². The number of hydrogen-bond donors (Lipinski definition) is 2. The zero-order chi connectivity index (χ0) is 14.6. The van der Waals surface area contributed by atoms with E-state index >= 15 is 0 Å². The second kappa shape index (κ2) is 6.51. The highest BCUT2D eigenvalue weighted by atomic mass is 32.2. The topological polar surface area (TPSA) is 82.5 Å². The van der Waals surface area contributed by atoms with Crippen LogP contribution in [-0.2, 0) is 10.0 Å². The van der Waals surface area contributed by atoms with Gasteiger partial charge in [0.05, 0.1) is 0 Å². The van der Waals surface area contributed by atoms with Crippen LogP contribution in [0, 0.1) is 5.92 Å². The Morgan fingerprint density at radius 2 is 2.35 bits per heavy atom. The number of aromatic nitrogens is 1. The van der Waals surface area contributed by atoms with Crippen LogP contribution < -0.4 is 5.32 Å². The van der Waals surface area contributed by atoms with E-state index in [0.29, 0.717) is 25.5 Å². The molecule has 0 aromatic carbocycles. The number of piperidine rings is 1. The highest BCUT2D eigenvalue weighted by Crippen LogP contribution is 2.26. The standard InChI is InChI=1S/C13H21N3O3S/c1-2-14-13-12(6-3-7-15-13)20(18,19)16-8-4-5-11(9-16)10-17/h3,6-7,11,17H,2,4-5,8-10H2,1H3,(H,14,15). The van der Waals surface area contributed by atoms with E-state index in [-0.39, 0.29) is 17.4 Å². The molecule has 2 heterocycles. The van der Waals surface area contributed by atoms with Crippen LogP contribution in [-0.4, -0.2) is 49.1 Å². The van der Waals surface area contributed by atoms with Crippen LogP contribution >= 0.6 is 0 Å². The zero-order valence-corrected chi connectivity index (χ0v) is 12.4. The Kier molecular flexibility index (Phi) is 4.95. The molecule has 2 N–H and O–H groups in total. The van der Waals surface area contributed by atoms with Crippen molar-refractivity contribution in [2.75, 3.05) is 31.6 Å². The molecule has 1 unspecified atom stereocenters. The van der Waals surface area contributed by atoms with Crippen LogP contribution in [0.25, 0.3) is 0 Å². The van der Waals surface area contributed by atoms with Crippen LogP contribution in [0.4, 0.5) is 5.82 Å². The molecule has 112 valence electrons. The molecule has 0 saturated carbocycles. The third kappa shape index (κ3) is 3.11. The highest BCUT2D eigenvalue weighted by molar-refractivity contribution is 7.89. The summed E-state index contributed by atoms with van der Waals surface area (Å²) < 4.78 is 26.9. The van der Waals surface area contributed by atoms with Crippen molar-refractivity contribution in [3.05, 3.63) is 18.3 Å². The van der Waals surface area contributed by atoms with Crippen molar-refractivity contribution in [2.24, 2.45) is 5.92 Å². The number of aliphatic hydroxyl groups excluding tert-OH is 1. The second-order valence-electron chi connectivity index (χ2n) is 4.93. The minimum Gasteiger partial charge on any atom is -0.396 e. The van der Waals surface area contributed by atoms with E-state index in [4.69, 9.17) is 0 Å². The van der Waals surface area contributed by atoms with Crippen molar-refractivity contribution in [3.8, 4) is 0 Å². The minimum atomic E-state index is -3.56. The fourth-order valence-corrected chi connectivity index (χ4v) is 4.11. The molecular formula is C13H21N3O3S. The largest absolute Gasteiger partial charge is 0.396 e. The average Bonchev–Trinajstić information content (AvgIpc) is 2.48. The summed E-state index contributed by atoms with van der Waals surface area (Å²) >= 11 is 0. The molecule has 6 nitrogen and oxygen atoms in total. The minimum absolute atomic E-state index is 0.0257. The highest BCUT2D eigenvalue weighted by Gasteiger charge is 2.31. The Morgan fingerprint density at radius 1 is 1.55 bits per heavy atom. The van der Waals surface area contributed by atoms with Gasteiger partial charge in [0.15, 0.2) is 0 Å². The molecule has 1 aromatic heterocycles. The van der Waals surface area contributed by atoms with Gasteiger partial charge in [-0.1, -0.05) is 0 Å². The van der Waals surface area contributed by atoms with Gasteiger partial charge >= 0.3 is 0 Å². The molecular weight excluding hydrogens is 278 g/mol. The molecule has 1 atom stereocenters. The Morgan fingerprint density at radius 3 is 3.05 bits per heavy atom. The number of rotatable bonds is 5. The summed E-state index contributed by atoms with van der Waals surface area (Å²) in [5.41, 5.74) is 0. The van der Waals surface area contributed by atoms with E-state index in [9.17, 15) is 13.5 Å². The number of nitrogens with one attached hydrogen (secondary N) is 1. The molecule has 2 rings (SSSR count). The lowest BCUT2D eigenvalue weighted by atomic mass is 10.0. The number of pyridine rings is 1. The van der Waals surface area contributed by atoms with Gasteiger partial charge in [-0.3, -0.25) is 0 Å². The molecule has 1 aliphatic heterocycles. The second-order valence-corrected chi connectivity index (χ2v) is 6.84. The number of aliphatic hydroxyl groups is 1. The van der Waals surface area contributed by atoms with Crippen molar-refractivity contribution in [2.45, 2.75) is 24.7 Å². The number of hydrogen-bond acceptors (Lipinski definition) is 5. The molecule has 1 aliphatic rings. The Bertz CT molecular complexity index is 548. The predicted molar refractivity (Wildman–Crippen MR) is 77.0 cm³/mol. The van der Waals surface area contributed by atoms with Gasteiger partial charge in [0, 0.05) is 32.4 Å². The molecule has 0 radical (unpaired) electrons. The van der Waals surface area contributed by atoms with Crippen LogP contribution in [0.2, 0.25) is 0 Å². The van der Waals surface area contributed by atoms with Gasteiger partial charge in [-0.05, 0) is 37.8 Å². The summed E-state index contributed by atoms with van der Waals surface area (Å²) in [6.45, 7) is 3.41. The van der Waals surface area contributed by atoms with Crippen LogP contribution in [0.1, 0.15) is 19.8 Å². The lowest BCUT2D eigenvalue weighted by Crippen LogP contribution is -2.41. The molecule has 1 aromatic rings. The van der Waals surface area contributed by atoms with E-state index in [1.807, 2.05) is 6.92 Å². The van der Waals surface area contributed by atoms with E-state index in [2.05, 4.69) is 10.3 Å². The van der Waals surface area contributed by atoms with Gasteiger partial charge in [0.25, 0.3) is 0 Å². The van der Waals surface area contributed by atoms with Gasteiger partial charge < -0.3 is 10.4 Å². The summed E-state index contributed by atoms with van der Waals surface area (Å²) in [7, 11) is -3.56. The van der Waals surface area contributed by atoms with Crippen molar-refractivity contribution < 1.29 is 13.5 Å². The molecule has 1 fully saturated rings. The summed E-state index contributed by atoms with van der Waals surface area (Å²) in [6.07, 6.45) is 3.22. The van der Waals surface area contributed by atoms with Crippen molar-refractivity contribution in [1.29, 1.82) is 0 Å². The Labute approximate surface area is 119 Å². The number of sulfonamides is 1. The van der Waals surface area contributed by atoms with Crippen molar-refractivity contribution >= 4 is 15.8 Å². The van der Waals surface area contributed by atoms with Gasteiger partial charge in [-0.15, -0.1) is 0 Å². The van der Waals surface area contributed by atoms with Gasteiger partial charge in [0.1, 0.15) is 10.7 Å². The first-order valence-electron chi connectivity index (χ1n) is 6.89. The number of anilines is 1. The number of nitrogens with zero attached hydrogens (tertiary/aromatic N) is 2. The van der Waals surface area contributed by atoms with Crippen molar-refractivity contribution in [1.82, 2.24) is 9.29 Å². The third-order valence-electron chi connectivity index (χ3n) is 3.47. The SMILES string of the molecule is CCNc1ncccc1S(=O)(=O)N1CCCC(CO)C1. The molecule has 0 bridgehead atoms. The fraction of sp³-hybridized carbons (Fsp3) is 0.615. The predicted octanol–water partition coefficient (Wildman–Crippen LogP) is 0.906. The van der Waals surface area contributed by atoms with Crippen LogP contribution in [0.15, 0.2) is 23.2 Å². The molecule has 1 saturated heterocycles. The summed E-state index contributed by atoms with van der Waals surface area (Å²) in [5, 5.41) is 12.2. The van der Waals surface area contributed by atoms with Gasteiger partial charge in [0.2, 0.25) is 10.0 Å². The fourth-order valence-electron chi connectivity index (χ4n) is 2.43. The Hall–Kier alpha value is -1.18.